The zero-order chi connectivity index (χ0) is 15.6. The number of halogens is 1. The average molecular weight is 310 g/mol. The van der Waals surface area contributed by atoms with Crippen LogP contribution < -0.4 is 5.32 Å². The topological polar surface area (TPSA) is 104 Å². The van der Waals surface area contributed by atoms with Crippen molar-refractivity contribution in [3.63, 3.8) is 0 Å². The predicted octanol–water partition coefficient (Wildman–Crippen LogP) is 2.87. The zero-order valence-corrected chi connectivity index (χ0v) is 12.6. The molecule has 0 unspecified atom stereocenters. The molecule has 112 valence electrons. The van der Waals surface area contributed by atoms with Crippen molar-refractivity contribution in [3.8, 4) is 11.3 Å². The summed E-state index contributed by atoms with van der Waals surface area (Å²) in [4.78, 5) is 26.1. The van der Waals surface area contributed by atoms with Crippen molar-refractivity contribution in [2.24, 2.45) is 5.41 Å². The van der Waals surface area contributed by atoms with Crippen LogP contribution in [-0.4, -0.2) is 31.1 Å². The van der Waals surface area contributed by atoms with E-state index in [0.29, 0.717) is 11.5 Å². The number of rotatable bonds is 3. The Labute approximate surface area is 126 Å². The Morgan fingerprint density at radius 1 is 1.29 bits per heavy atom. The molecule has 2 aromatic rings. The number of amides is 1. The van der Waals surface area contributed by atoms with Gasteiger partial charge in [-0.1, -0.05) is 20.8 Å². The number of hydrogen-bond donors (Lipinski definition) is 3. The van der Waals surface area contributed by atoms with Crippen LogP contribution in [0.25, 0.3) is 11.3 Å². The number of hydrogen-bond acceptors (Lipinski definition) is 4. The first-order chi connectivity index (χ1) is 9.77. The molecule has 0 fully saturated rings. The maximum Gasteiger partial charge on any atom is 0.405 e. The third-order valence-electron chi connectivity index (χ3n) is 2.93. The normalized spacial score (nSPS) is 13.0. The first-order valence-electron chi connectivity index (χ1n) is 6.29. The molecular weight excluding hydrogens is 294 g/mol. The molecule has 0 radical (unpaired) electrons. The second-order valence-corrected chi connectivity index (χ2v) is 6.01. The molecule has 21 heavy (non-hydrogen) atoms. The quantitative estimate of drug-likeness (QED) is 0.756. The van der Waals surface area contributed by atoms with E-state index < -0.39 is 12.1 Å². The summed E-state index contributed by atoms with van der Waals surface area (Å²) in [5.41, 5.74) is 1.09. The highest BCUT2D eigenvalue weighted by atomic mass is 35.5. The van der Waals surface area contributed by atoms with Crippen LogP contribution in [0.1, 0.15) is 32.6 Å². The Bertz CT molecular complexity index is 633. The van der Waals surface area contributed by atoms with E-state index in [1.54, 1.807) is 18.6 Å². The van der Waals surface area contributed by atoms with Crippen molar-refractivity contribution in [1.29, 1.82) is 0 Å². The maximum atomic E-state index is 11.0. The van der Waals surface area contributed by atoms with Crippen LogP contribution in [0.4, 0.5) is 4.79 Å². The smallest absolute Gasteiger partial charge is 0.405 e. The zero-order valence-electron chi connectivity index (χ0n) is 11.9. The molecule has 0 aromatic carbocycles. The summed E-state index contributed by atoms with van der Waals surface area (Å²) in [6.07, 6.45) is 3.67. The molecule has 0 saturated carbocycles. The van der Waals surface area contributed by atoms with Gasteiger partial charge in [0.25, 0.3) is 0 Å². The Hall–Kier alpha value is -2.15. The van der Waals surface area contributed by atoms with E-state index in [2.05, 4.69) is 25.3 Å². The Morgan fingerprint density at radius 3 is 2.43 bits per heavy atom. The number of nitrogens with zero attached hydrogens (tertiary/aromatic N) is 3. The number of H-pyrrole nitrogens is 1. The molecule has 0 bridgehead atoms. The fourth-order valence-corrected chi connectivity index (χ4v) is 2.00. The number of carbonyl (C=O) groups is 1. The lowest BCUT2D eigenvalue weighted by molar-refractivity contribution is 0.173. The van der Waals surface area contributed by atoms with Gasteiger partial charge in [0.2, 0.25) is 5.28 Å². The lowest BCUT2D eigenvalue weighted by atomic mass is 9.86. The van der Waals surface area contributed by atoms with E-state index >= 15 is 0 Å². The monoisotopic (exact) mass is 309 g/mol. The minimum absolute atomic E-state index is 0.165. The lowest BCUT2D eigenvalue weighted by Crippen LogP contribution is -2.36. The van der Waals surface area contributed by atoms with Crippen molar-refractivity contribution in [3.05, 3.63) is 29.7 Å². The summed E-state index contributed by atoms with van der Waals surface area (Å²) >= 11 is 5.65. The Morgan fingerprint density at radius 2 is 1.90 bits per heavy atom. The summed E-state index contributed by atoms with van der Waals surface area (Å²) in [6, 6.07) is -0.461. The number of aromatic nitrogens is 4. The number of aromatic amines is 1. The van der Waals surface area contributed by atoms with Gasteiger partial charge in [0.15, 0.2) is 0 Å². The lowest BCUT2D eigenvalue weighted by Gasteiger charge is -2.28. The molecule has 7 nitrogen and oxygen atoms in total. The van der Waals surface area contributed by atoms with Gasteiger partial charge < -0.3 is 15.4 Å². The standard InChI is InChI=1S/C13H16ClN5O2/c1-13(2,3)9(19-12(20)21)10-15-6-8(18-10)7-4-16-11(14)17-5-7/h4-6,9,19H,1-3H3,(H,15,18)(H,20,21)/t9-/m1/s1. The van der Waals surface area contributed by atoms with E-state index in [1.807, 2.05) is 20.8 Å². The van der Waals surface area contributed by atoms with Crippen molar-refractivity contribution >= 4 is 17.7 Å². The minimum atomic E-state index is -1.09. The molecule has 0 aliphatic rings. The molecule has 3 N–H and O–H groups in total. The number of imidazole rings is 1. The van der Waals surface area contributed by atoms with E-state index in [1.165, 1.54) is 0 Å². The molecule has 1 atom stereocenters. The second kappa shape index (κ2) is 5.69. The van der Waals surface area contributed by atoms with Gasteiger partial charge in [-0.15, -0.1) is 0 Å². The van der Waals surface area contributed by atoms with Crippen molar-refractivity contribution in [2.45, 2.75) is 26.8 Å². The first-order valence-corrected chi connectivity index (χ1v) is 6.67. The summed E-state index contributed by atoms with van der Waals surface area (Å²) in [5, 5.41) is 11.6. The highest BCUT2D eigenvalue weighted by molar-refractivity contribution is 6.28. The molecule has 0 aliphatic heterocycles. The van der Waals surface area contributed by atoms with E-state index in [0.717, 1.165) is 5.56 Å². The van der Waals surface area contributed by atoms with Gasteiger partial charge in [0.05, 0.1) is 17.9 Å². The summed E-state index contributed by atoms with van der Waals surface area (Å²) < 4.78 is 0. The molecule has 0 aliphatic carbocycles. The fourth-order valence-electron chi connectivity index (χ4n) is 1.90. The Balaban J connectivity index is 2.32. The Kier molecular flexibility index (Phi) is 4.13. The van der Waals surface area contributed by atoms with Crippen LogP contribution in [0, 0.1) is 5.41 Å². The summed E-state index contributed by atoms with van der Waals surface area (Å²) in [7, 11) is 0. The van der Waals surface area contributed by atoms with Crippen molar-refractivity contribution in [1.82, 2.24) is 25.3 Å². The number of carboxylic acid groups (broad SMARTS) is 1. The molecule has 2 aromatic heterocycles. The van der Waals surface area contributed by atoms with Crippen LogP contribution >= 0.6 is 11.6 Å². The van der Waals surface area contributed by atoms with Crippen LogP contribution in [0.15, 0.2) is 18.6 Å². The molecule has 2 rings (SSSR count). The van der Waals surface area contributed by atoms with E-state index in [9.17, 15) is 4.79 Å². The summed E-state index contributed by atoms with van der Waals surface area (Å²) in [5.74, 6) is 0.537. The maximum absolute atomic E-state index is 11.0. The van der Waals surface area contributed by atoms with Gasteiger partial charge in [-0.05, 0) is 17.0 Å². The third-order valence-corrected chi connectivity index (χ3v) is 3.13. The molecule has 8 heteroatoms. The molecule has 2 heterocycles. The highest BCUT2D eigenvalue weighted by Crippen LogP contribution is 2.32. The second-order valence-electron chi connectivity index (χ2n) is 5.67. The summed E-state index contributed by atoms with van der Waals surface area (Å²) in [6.45, 7) is 5.80. The van der Waals surface area contributed by atoms with Gasteiger partial charge in [-0.2, -0.15) is 0 Å². The van der Waals surface area contributed by atoms with Crippen molar-refractivity contribution in [2.75, 3.05) is 0 Å². The largest absolute Gasteiger partial charge is 0.465 e. The van der Waals surface area contributed by atoms with Crippen molar-refractivity contribution < 1.29 is 9.90 Å². The van der Waals surface area contributed by atoms with Gasteiger partial charge in [-0.3, -0.25) is 0 Å². The van der Waals surface area contributed by atoms with Gasteiger partial charge >= 0.3 is 6.09 Å². The SMILES string of the molecule is CC(C)(C)[C@H](NC(=O)O)c1ncc(-c2cnc(Cl)nc2)[nH]1. The predicted molar refractivity (Wildman–Crippen MR) is 78.0 cm³/mol. The average Bonchev–Trinajstić information content (AvgIpc) is 2.84. The number of nitrogens with one attached hydrogen (secondary N) is 2. The van der Waals surface area contributed by atoms with E-state index in [-0.39, 0.29) is 10.7 Å². The minimum Gasteiger partial charge on any atom is -0.465 e. The highest BCUT2D eigenvalue weighted by Gasteiger charge is 2.30. The fraction of sp³-hybridized carbons (Fsp3) is 0.385. The van der Waals surface area contributed by atoms with Crippen LogP contribution in [-0.2, 0) is 0 Å². The molecule has 0 spiro atoms. The van der Waals surface area contributed by atoms with Gasteiger partial charge in [0.1, 0.15) is 5.82 Å². The van der Waals surface area contributed by atoms with E-state index in [4.69, 9.17) is 16.7 Å². The van der Waals surface area contributed by atoms with Gasteiger partial charge in [0, 0.05) is 18.0 Å². The van der Waals surface area contributed by atoms with Crippen LogP contribution in [0.5, 0.6) is 0 Å². The molecule has 1 amide bonds. The van der Waals surface area contributed by atoms with Crippen LogP contribution in [0.2, 0.25) is 5.28 Å². The third kappa shape index (κ3) is 3.69. The molecule has 0 saturated heterocycles. The first kappa shape index (κ1) is 15.2. The van der Waals surface area contributed by atoms with Gasteiger partial charge in [-0.25, -0.2) is 19.7 Å². The molecular formula is C13H16ClN5O2. The van der Waals surface area contributed by atoms with Crippen LogP contribution in [0.3, 0.4) is 0 Å².